The van der Waals surface area contributed by atoms with Crippen molar-refractivity contribution in [2.75, 3.05) is 0 Å². The van der Waals surface area contributed by atoms with E-state index in [1.807, 2.05) is 50.2 Å². The number of hydrogen-bond acceptors (Lipinski definition) is 6. The fourth-order valence-corrected chi connectivity index (χ4v) is 3.23. The van der Waals surface area contributed by atoms with E-state index in [0.717, 1.165) is 16.5 Å². The highest BCUT2D eigenvalue weighted by atomic mass is 16.5. The lowest BCUT2D eigenvalue weighted by Crippen LogP contribution is -2.35. The molecule has 0 radical (unpaired) electrons. The van der Waals surface area contributed by atoms with Gasteiger partial charge in [-0.3, -0.25) is 9.59 Å². The summed E-state index contributed by atoms with van der Waals surface area (Å²) in [6.07, 6.45) is 0. The number of aromatic nitrogens is 4. The van der Waals surface area contributed by atoms with Gasteiger partial charge in [-0.25, -0.2) is 4.68 Å². The first-order chi connectivity index (χ1) is 14.4. The van der Waals surface area contributed by atoms with Gasteiger partial charge >= 0.3 is 0 Å². The Labute approximate surface area is 172 Å². The Balaban J connectivity index is 1.48. The molecule has 8 nitrogen and oxygen atoms in total. The Kier molecular flexibility index (Phi) is 5.14. The first-order valence-electron chi connectivity index (χ1n) is 9.59. The van der Waals surface area contributed by atoms with Gasteiger partial charge in [0, 0.05) is 10.9 Å². The lowest BCUT2D eigenvalue weighted by atomic mass is 10.1. The van der Waals surface area contributed by atoms with Crippen LogP contribution in [0.2, 0.25) is 0 Å². The number of nitrogens with one attached hydrogen (secondary N) is 1. The van der Waals surface area contributed by atoms with E-state index in [-0.39, 0.29) is 23.9 Å². The number of benzene rings is 2. The molecule has 152 valence electrons. The van der Waals surface area contributed by atoms with Gasteiger partial charge in [0.25, 0.3) is 5.56 Å². The molecule has 0 aliphatic rings. The number of fused-ring (bicyclic) bond motifs is 1. The lowest BCUT2D eigenvalue weighted by Gasteiger charge is -2.11. The van der Waals surface area contributed by atoms with Crippen molar-refractivity contribution in [2.24, 2.45) is 0 Å². The largest absolute Gasteiger partial charge is 0.343 e. The van der Waals surface area contributed by atoms with Gasteiger partial charge in [-0.2, -0.15) is 10.1 Å². The third-order valence-corrected chi connectivity index (χ3v) is 4.85. The molecule has 1 amide bonds. The number of nitrogens with zero attached hydrogens (tertiary/aromatic N) is 4. The predicted molar refractivity (Wildman–Crippen MR) is 112 cm³/mol. The van der Waals surface area contributed by atoms with Crippen molar-refractivity contribution >= 4 is 16.7 Å². The highest BCUT2D eigenvalue weighted by Gasteiger charge is 2.18. The summed E-state index contributed by atoms with van der Waals surface area (Å²) < 4.78 is 6.47. The molecule has 4 rings (SSSR count). The third-order valence-electron chi connectivity index (χ3n) is 4.85. The minimum Gasteiger partial charge on any atom is -0.343 e. The predicted octanol–water partition coefficient (Wildman–Crippen LogP) is 2.94. The molecule has 0 fully saturated rings. The number of carbonyl (C=O) groups is 1. The molecule has 0 unspecified atom stereocenters. The van der Waals surface area contributed by atoms with Crippen LogP contribution in [0.3, 0.4) is 0 Å². The molecule has 1 N–H and O–H groups in total. The van der Waals surface area contributed by atoms with Crippen molar-refractivity contribution in [3.63, 3.8) is 0 Å². The van der Waals surface area contributed by atoms with Gasteiger partial charge < -0.3 is 9.84 Å². The van der Waals surface area contributed by atoms with Crippen LogP contribution in [-0.2, 0) is 11.3 Å². The summed E-state index contributed by atoms with van der Waals surface area (Å²) in [6, 6.07) is 14.4. The van der Waals surface area contributed by atoms with Gasteiger partial charge in [0.05, 0.1) is 11.1 Å². The fourth-order valence-electron chi connectivity index (χ4n) is 3.23. The summed E-state index contributed by atoms with van der Waals surface area (Å²) in [5, 5.41) is 12.3. The molecule has 2 heterocycles. The Hall–Kier alpha value is -3.81. The van der Waals surface area contributed by atoms with Crippen LogP contribution < -0.4 is 10.9 Å². The van der Waals surface area contributed by atoms with Crippen molar-refractivity contribution in [3.8, 4) is 11.4 Å². The van der Waals surface area contributed by atoms with E-state index in [2.05, 4.69) is 20.6 Å². The van der Waals surface area contributed by atoms with Gasteiger partial charge in [-0.15, -0.1) is 0 Å². The monoisotopic (exact) mass is 403 g/mol. The van der Waals surface area contributed by atoms with Crippen LogP contribution in [0.4, 0.5) is 0 Å². The van der Waals surface area contributed by atoms with Crippen LogP contribution in [0.25, 0.3) is 22.2 Å². The van der Waals surface area contributed by atoms with Crippen molar-refractivity contribution in [3.05, 3.63) is 76.0 Å². The molecular formula is C22H21N5O3. The second-order valence-electron chi connectivity index (χ2n) is 7.21. The first-order valence-corrected chi connectivity index (χ1v) is 9.59. The van der Waals surface area contributed by atoms with Gasteiger partial charge in [0.2, 0.25) is 17.6 Å². The standard InChI is InChI=1S/C22H21N5O3/c1-13-8-10-16(11-9-13)20-24-21(30-26-20)15(3)23-19(28)12-27-22(29)18-7-5-4-6-17(18)14(2)25-27/h4-11,15H,12H2,1-3H3,(H,23,28)/t15-/m0/s1. The molecule has 2 aromatic carbocycles. The summed E-state index contributed by atoms with van der Waals surface area (Å²) in [5.74, 6) is 0.366. The molecule has 8 heteroatoms. The van der Waals surface area contributed by atoms with Crippen molar-refractivity contribution < 1.29 is 9.32 Å². The molecule has 0 spiro atoms. The molecule has 0 bridgehead atoms. The van der Waals surface area contributed by atoms with E-state index >= 15 is 0 Å². The Bertz CT molecular complexity index is 1270. The molecular weight excluding hydrogens is 382 g/mol. The van der Waals surface area contributed by atoms with Gasteiger partial charge in [-0.1, -0.05) is 53.2 Å². The molecule has 4 aromatic rings. The molecule has 0 saturated heterocycles. The quantitative estimate of drug-likeness (QED) is 0.550. The maximum Gasteiger partial charge on any atom is 0.275 e. The minimum absolute atomic E-state index is 0.201. The summed E-state index contributed by atoms with van der Waals surface area (Å²) >= 11 is 0. The van der Waals surface area contributed by atoms with E-state index in [1.165, 1.54) is 4.68 Å². The highest BCUT2D eigenvalue weighted by molar-refractivity contribution is 5.83. The number of aryl methyl sites for hydroxylation is 2. The molecule has 2 aromatic heterocycles. The van der Waals surface area contributed by atoms with E-state index in [0.29, 0.717) is 16.9 Å². The van der Waals surface area contributed by atoms with Crippen LogP contribution in [0.5, 0.6) is 0 Å². The average Bonchev–Trinajstić information content (AvgIpc) is 3.23. The van der Waals surface area contributed by atoms with Crippen LogP contribution >= 0.6 is 0 Å². The summed E-state index contributed by atoms with van der Waals surface area (Å²) in [5.41, 5.74) is 2.34. The lowest BCUT2D eigenvalue weighted by molar-refractivity contribution is -0.122. The van der Waals surface area contributed by atoms with Gasteiger partial charge in [0.15, 0.2) is 0 Å². The van der Waals surface area contributed by atoms with E-state index in [1.54, 1.807) is 19.1 Å². The fraction of sp³-hybridized carbons (Fsp3) is 0.227. The summed E-state index contributed by atoms with van der Waals surface area (Å²) in [6.45, 7) is 5.35. The van der Waals surface area contributed by atoms with E-state index in [4.69, 9.17) is 4.52 Å². The molecule has 1 atom stereocenters. The van der Waals surface area contributed by atoms with Crippen LogP contribution in [0.15, 0.2) is 57.8 Å². The van der Waals surface area contributed by atoms with Gasteiger partial charge in [-0.05, 0) is 26.8 Å². The summed E-state index contributed by atoms with van der Waals surface area (Å²) in [4.78, 5) is 29.5. The normalized spacial score (nSPS) is 12.1. The zero-order valence-corrected chi connectivity index (χ0v) is 16.9. The molecule has 0 aliphatic heterocycles. The van der Waals surface area contributed by atoms with Crippen LogP contribution in [0.1, 0.15) is 30.1 Å². The number of amides is 1. The first kappa shape index (κ1) is 19.5. The Morgan fingerprint density at radius 3 is 2.53 bits per heavy atom. The SMILES string of the molecule is Cc1ccc(-c2noc([C@H](C)NC(=O)Cn3nc(C)c4ccccc4c3=O)n2)cc1. The van der Waals surface area contributed by atoms with Crippen molar-refractivity contribution in [1.29, 1.82) is 0 Å². The average molecular weight is 403 g/mol. The molecule has 0 saturated carbocycles. The van der Waals surface area contributed by atoms with Crippen LogP contribution in [-0.4, -0.2) is 25.8 Å². The molecule has 30 heavy (non-hydrogen) atoms. The van der Waals surface area contributed by atoms with E-state index in [9.17, 15) is 9.59 Å². The Morgan fingerprint density at radius 1 is 1.10 bits per heavy atom. The third kappa shape index (κ3) is 3.84. The second kappa shape index (κ2) is 7.90. The van der Waals surface area contributed by atoms with Crippen LogP contribution in [0, 0.1) is 13.8 Å². The minimum atomic E-state index is -0.513. The van der Waals surface area contributed by atoms with Gasteiger partial charge in [0.1, 0.15) is 12.6 Å². The van der Waals surface area contributed by atoms with Crippen molar-refractivity contribution in [2.45, 2.75) is 33.4 Å². The zero-order chi connectivity index (χ0) is 21.3. The highest BCUT2D eigenvalue weighted by Crippen LogP contribution is 2.19. The van der Waals surface area contributed by atoms with Crippen molar-refractivity contribution in [1.82, 2.24) is 25.2 Å². The zero-order valence-electron chi connectivity index (χ0n) is 16.9. The number of hydrogen-bond donors (Lipinski definition) is 1. The maximum atomic E-state index is 12.6. The number of rotatable bonds is 5. The second-order valence-corrected chi connectivity index (χ2v) is 7.21. The smallest absolute Gasteiger partial charge is 0.275 e. The van der Waals surface area contributed by atoms with E-state index < -0.39 is 6.04 Å². The topological polar surface area (TPSA) is 103 Å². The molecule has 0 aliphatic carbocycles. The number of carbonyl (C=O) groups excluding carboxylic acids is 1. The summed E-state index contributed by atoms with van der Waals surface area (Å²) in [7, 11) is 0. The maximum absolute atomic E-state index is 12.6. The Morgan fingerprint density at radius 2 is 1.80 bits per heavy atom.